The molecule has 0 aromatic rings. The fourth-order valence-electron chi connectivity index (χ4n) is 1.18. The lowest BCUT2D eigenvalue weighted by Gasteiger charge is -2.15. The minimum Gasteiger partial charge on any atom is -0.353 e. The largest absolute Gasteiger partial charge is 0.353 e. The molecule has 0 amide bonds. The Bertz CT molecular complexity index is 93.7. The molecule has 0 aromatic heterocycles. The lowest BCUT2D eigenvalue weighted by Crippen LogP contribution is -2.17. The maximum absolute atomic E-state index is 5.41. The third kappa shape index (κ3) is 3.73. The summed E-state index contributed by atoms with van der Waals surface area (Å²) in [6, 6.07) is 0. The van der Waals surface area contributed by atoms with Crippen molar-refractivity contribution in [2.24, 2.45) is 5.92 Å². The van der Waals surface area contributed by atoms with Gasteiger partial charge in [0.25, 0.3) is 0 Å². The van der Waals surface area contributed by atoms with Gasteiger partial charge in [0.05, 0.1) is 0 Å². The van der Waals surface area contributed by atoms with Gasteiger partial charge in [-0.15, -0.1) is 0 Å². The minimum absolute atomic E-state index is 0.0671. The zero-order valence-electron chi connectivity index (χ0n) is 7.51. The average molecular weight is 158 g/mol. The van der Waals surface area contributed by atoms with Gasteiger partial charge in [0, 0.05) is 19.6 Å². The van der Waals surface area contributed by atoms with E-state index in [4.69, 9.17) is 9.47 Å². The summed E-state index contributed by atoms with van der Waals surface area (Å²) in [7, 11) is 0. The van der Waals surface area contributed by atoms with Crippen LogP contribution in [0, 0.1) is 5.92 Å². The van der Waals surface area contributed by atoms with Crippen molar-refractivity contribution >= 4 is 0 Å². The Kier molecular flexibility index (Phi) is 3.87. The molecule has 11 heavy (non-hydrogen) atoms. The first kappa shape index (κ1) is 9.01. The molecule has 0 spiro atoms. The molecular weight excluding hydrogens is 140 g/mol. The molecule has 0 aliphatic heterocycles. The molecule has 1 fully saturated rings. The van der Waals surface area contributed by atoms with Crippen LogP contribution in [0.1, 0.15) is 33.1 Å². The molecule has 1 aliphatic carbocycles. The van der Waals surface area contributed by atoms with Crippen molar-refractivity contribution in [1.29, 1.82) is 0 Å². The number of rotatable bonds is 6. The molecule has 0 unspecified atom stereocenters. The van der Waals surface area contributed by atoms with Crippen molar-refractivity contribution < 1.29 is 9.47 Å². The predicted molar refractivity (Wildman–Crippen MR) is 44.4 cm³/mol. The third-order valence-electron chi connectivity index (χ3n) is 1.93. The average Bonchev–Trinajstić information content (AvgIpc) is 2.73. The molecule has 2 heteroatoms. The molecule has 0 bridgehead atoms. The monoisotopic (exact) mass is 158 g/mol. The van der Waals surface area contributed by atoms with Gasteiger partial charge in [0.1, 0.15) is 0 Å². The van der Waals surface area contributed by atoms with Gasteiger partial charge in [-0.25, -0.2) is 0 Å². The molecule has 1 aliphatic rings. The normalized spacial score (nSPS) is 17.7. The van der Waals surface area contributed by atoms with Gasteiger partial charge < -0.3 is 9.47 Å². The summed E-state index contributed by atoms with van der Waals surface area (Å²) >= 11 is 0. The van der Waals surface area contributed by atoms with Crippen LogP contribution in [0.3, 0.4) is 0 Å². The summed E-state index contributed by atoms with van der Waals surface area (Å²) < 4.78 is 10.8. The van der Waals surface area contributed by atoms with Gasteiger partial charge in [0.2, 0.25) is 0 Å². The van der Waals surface area contributed by atoms with E-state index in [0.29, 0.717) is 0 Å². The molecule has 0 N–H and O–H groups in total. The lowest BCUT2D eigenvalue weighted by molar-refractivity contribution is -0.141. The highest BCUT2D eigenvalue weighted by atomic mass is 16.7. The Hall–Kier alpha value is -0.0800. The summed E-state index contributed by atoms with van der Waals surface area (Å²) in [4.78, 5) is 0. The van der Waals surface area contributed by atoms with Crippen LogP contribution in [0.4, 0.5) is 0 Å². The van der Waals surface area contributed by atoms with Gasteiger partial charge in [-0.05, 0) is 32.6 Å². The lowest BCUT2D eigenvalue weighted by atomic mass is 10.3. The van der Waals surface area contributed by atoms with E-state index in [1.165, 1.54) is 12.8 Å². The molecule has 0 saturated heterocycles. The van der Waals surface area contributed by atoms with Crippen LogP contribution < -0.4 is 0 Å². The summed E-state index contributed by atoms with van der Waals surface area (Å²) in [5.41, 5.74) is 0. The third-order valence-corrected chi connectivity index (χ3v) is 1.93. The second-order valence-corrected chi connectivity index (χ2v) is 3.02. The highest BCUT2D eigenvalue weighted by Crippen LogP contribution is 2.34. The van der Waals surface area contributed by atoms with E-state index in [1.54, 1.807) is 0 Å². The zero-order valence-corrected chi connectivity index (χ0v) is 7.51. The first-order chi connectivity index (χ1) is 5.36. The number of ether oxygens (including phenoxy) is 2. The van der Waals surface area contributed by atoms with Crippen molar-refractivity contribution in [3.05, 3.63) is 0 Å². The van der Waals surface area contributed by atoms with Crippen LogP contribution in [-0.2, 0) is 9.47 Å². The maximum atomic E-state index is 5.41. The summed E-state index contributed by atoms with van der Waals surface area (Å²) in [6.45, 7) is 5.55. The number of hydrogen-bond acceptors (Lipinski definition) is 2. The van der Waals surface area contributed by atoms with E-state index in [1.807, 2.05) is 13.8 Å². The first-order valence-corrected chi connectivity index (χ1v) is 4.60. The Balaban J connectivity index is 2.08. The smallest absolute Gasteiger partial charge is 0.157 e. The SMILES string of the molecule is CCOC(CC1CC1)OCC. The van der Waals surface area contributed by atoms with Gasteiger partial charge in [0.15, 0.2) is 6.29 Å². The van der Waals surface area contributed by atoms with Gasteiger partial charge in [-0.1, -0.05) is 0 Å². The van der Waals surface area contributed by atoms with Crippen LogP contribution in [0.25, 0.3) is 0 Å². The molecule has 1 rings (SSSR count). The Morgan fingerprint density at radius 1 is 1.18 bits per heavy atom. The summed E-state index contributed by atoms with van der Waals surface area (Å²) in [5, 5.41) is 0. The van der Waals surface area contributed by atoms with Crippen molar-refractivity contribution in [1.82, 2.24) is 0 Å². The topological polar surface area (TPSA) is 18.5 Å². The van der Waals surface area contributed by atoms with E-state index in [2.05, 4.69) is 0 Å². The Morgan fingerprint density at radius 2 is 1.73 bits per heavy atom. The van der Waals surface area contributed by atoms with E-state index in [-0.39, 0.29) is 6.29 Å². The van der Waals surface area contributed by atoms with Crippen molar-refractivity contribution in [2.75, 3.05) is 13.2 Å². The van der Waals surface area contributed by atoms with E-state index < -0.39 is 0 Å². The molecular formula is C9H18O2. The summed E-state index contributed by atoms with van der Waals surface area (Å²) in [5.74, 6) is 0.887. The first-order valence-electron chi connectivity index (χ1n) is 4.60. The quantitative estimate of drug-likeness (QED) is 0.552. The number of hydrogen-bond donors (Lipinski definition) is 0. The molecule has 0 radical (unpaired) electrons. The molecule has 66 valence electrons. The standard InChI is InChI=1S/C9H18O2/c1-3-10-9(11-4-2)7-8-5-6-8/h8-9H,3-7H2,1-2H3. The predicted octanol–water partition coefficient (Wildman–Crippen LogP) is 2.19. The highest BCUT2D eigenvalue weighted by molar-refractivity contribution is 4.74. The highest BCUT2D eigenvalue weighted by Gasteiger charge is 2.25. The second kappa shape index (κ2) is 4.73. The fraction of sp³-hybridized carbons (Fsp3) is 1.00. The molecule has 0 atom stereocenters. The van der Waals surface area contributed by atoms with Crippen molar-refractivity contribution in [2.45, 2.75) is 39.4 Å². The van der Waals surface area contributed by atoms with Gasteiger partial charge in [-0.3, -0.25) is 0 Å². The van der Waals surface area contributed by atoms with Crippen LogP contribution in [0.5, 0.6) is 0 Å². The fourth-order valence-corrected chi connectivity index (χ4v) is 1.18. The van der Waals surface area contributed by atoms with Crippen LogP contribution in [0.2, 0.25) is 0 Å². The molecule has 0 heterocycles. The zero-order chi connectivity index (χ0) is 8.10. The second-order valence-electron chi connectivity index (χ2n) is 3.02. The molecule has 0 aromatic carbocycles. The van der Waals surface area contributed by atoms with E-state index in [9.17, 15) is 0 Å². The van der Waals surface area contributed by atoms with E-state index >= 15 is 0 Å². The van der Waals surface area contributed by atoms with Crippen LogP contribution in [-0.4, -0.2) is 19.5 Å². The minimum atomic E-state index is 0.0671. The van der Waals surface area contributed by atoms with Crippen LogP contribution in [0.15, 0.2) is 0 Å². The van der Waals surface area contributed by atoms with Crippen molar-refractivity contribution in [3.63, 3.8) is 0 Å². The van der Waals surface area contributed by atoms with Gasteiger partial charge in [-0.2, -0.15) is 0 Å². The molecule has 1 saturated carbocycles. The Labute approximate surface area is 68.9 Å². The van der Waals surface area contributed by atoms with E-state index in [0.717, 1.165) is 25.6 Å². The molecule has 2 nitrogen and oxygen atoms in total. The van der Waals surface area contributed by atoms with Crippen LogP contribution >= 0.6 is 0 Å². The van der Waals surface area contributed by atoms with Gasteiger partial charge >= 0.3 is 0 Å². The Morgan fingerprint density at radius 3 is 2.09 bits per heavy atom. The van der Waals surface area contributed by atoms with Crippen molar-refractivity contribution in [3.8, 4) is 0 Å². The maximum Gasteiger partial charge on any atom is 0.157 e. The summed E-state index contributed by atoms with van der Waals surface area (Å²) in [6.07, 6.45) is 3.91.